The average Bonchev–Trinajstić information content (AvgIpc) is 2.83. The van der Waals surface area contributed by atoms with Crippen LogP contribution in [0, 0.1) is 0 Å². The topological polar surface area (TPSA) is 108 Å². The van der Waals surface area contributed by atoms with E-state index in [1.807, 2.05) is 0 Å². The summed E-state index contributed by atoms with van der Waals surface area (Å²) in [6.45, 7) is 3.37. The molecule has 0 saturated carbocycles. The van der Waals surface area contributed by atoms with E-state index in [2.05, 4.69) is 22.5 Å². The Kier molecular flexibility index (Phi) is 5.21. The summed E-state index contributed by atoms with van der Waals surface area (Å²) in [6.07, 6.45) is 3.04. The van der Waals surface area contributed by atoms with Crippen LogP contribution in [0.5, 0.6) is 5.75 Å². The van der Waals surface area contributed by atoms with Crippen molar-refractivity contribution in [3.8, 4) is 5.75 Å². The molecule has 0 atom stereocenters. The zero-order valence-corrected chi connectivity index (χ0v) is 14.5. The number of benzene rings is 2. The third kappa shape index (κ3) is 4.33. The van der Waals surface area contributed by atoms with E-state index in [0.717, 1.165) is 30.2 Å². The molecule has 1 aliphatic heterocycles. The lowest BCUT2D eigenvalue weighted by Gasteiger charge is -2.12. The summed E-state index contributed by atoms with van der Waals surface area (Å²) >= 11 is 0. The summed E-state index contributed by atoms with van der Waals surface area (Å²) in [7, 11) is 0. The standard InChI is InChI=1S/C20H19N3O4/c1-2-18(25)21-14-7-9-17(24)15(11-14)20(27)22-13-6-8-16-12(10-13)4-3-5-19(26)23-16/h2,6-11,24H,1,3-5H2,(H,21,25)(H,22,27)(H,23,26). The van der Waals surface area contributed by atoms with Crippen molar-refractivity contribution in [3.05, 3.63) is 60.2 Å². The second-order valence-electron chi connectivity index (χ2n) is 6.15. The molecule has 1 aliphatic rings. The SMILES string of the molecule is C=CC(=O)Nc1ccc(O)c(C(=O)Nc2ccc3c(c2)CCCC(=O)N3)c1. The molecule has 7 nitrogen and oxygen atoms in total. The number of rotatable bonds is 4. The number of phenols is 1. The van der Waals surface area contributed by atoms with Gasteiger partial charge in [-0.05, 0) is 60.9 Å². The summed E-state index contributed by atoms with van der Waals surface area (Å²) in [5.41, 5.74) is 2.63. The highest BCUT2D eigenvalue weighted by molar-refractivity contribution is 6.08. The molecule has 0 radical (unpaired) electrons. The molecular formula is C20H19N3O4. The minimum Gasteiger partial charge on any atom is -0.507 e. The molecule has 0 fully saturated rings. The van der Waals surface area contributed by atoms with Crippen molar-refractivity contribution < 1.29 is 19.5 Å². The largest absolute Gasteiger partial charge is 0.507 e. The predicted octanol–water partition coefficient (Wildman–Crippen LogP) is 3.04. The molecule has 3 rings (SSSR count). The summed E-state index contributed by atoms with van der Waals surface area (Å²) in [5, 5.41) is 18.1. The number of carbonyl (C=O) groups is 3. The van der Waals surface area contributed by atoms with Crippen LogP contribution in [0.2, 0.25) is 0 Å². The van der Waals surface area contributed by atoms with Gasteiger partial charge in [-0.1, -0.05) is 6.58 Å². The van der Waals surface area contributed by atoms with Gasteiger partial charge in [-0.15, -0.1) is 0 Å². The average molecular weight is 365 g/mol. The van der Waals surface area contributed by atoms with E-state index in [-0.39, 0.29) is 17.2 Å². The molecule has 3 amide bonds. The smallest absolute Gasteiger partial charge is 0.259 e. The van der Waals surface area contributed by atoms with E-state index >= 15 is 0 Å². The van der Waals surface area contributed by atoms with Gasteiger partial charge in [0.2, 0.25) is 11.8 Å². The summed E-state index contributed by atoms with van der Waals surface area (Å²) in [5.74, 6) is -1.15. The number of hydrogen-bond acceptors (Lipinski definition) is 4. The minimum atomic E-state index is -0.514. The molecule has 0 unspecified atom stereocenters. The highest BCUT2D eigenvalue weighted by Crippen LogP contribution is 2.27. The summed E-state index contributed by atoms with van der Waals surface area (Å²) in [4.78, 5) is 35.6. The van der Waals surface area contributed by atoms with Gasteiger partial charge in [0.1, 0.15) is 5.75 Å². The van der Waals surface area contributed by atoms with Crippen molar-refractivity contribution >= 4 is 34.8 Å². The van der Waals surface area contributed by atoms with Crippen LogP contribution in [0.1, 0.15) is 28.8 Å². The molecule has 4 N–H and O–H groups in total. The first-order valence-electron chi connectivity index (χ1n) is 8.47. The van der Waals surface area contributed by atoms with Gasteiger partial charge in [0, 0.05) is 23.5 Å². The quantitative estimate of drug-likeness (QED) is 0.493. The van der Waals surface area contributed by atoms with Gasteiger partial charge in [-0.2, -0.15) is 0 Å². The van der Waals surface area contributed by atoms with Crippen molar-refractivity contribution in [2.75, 3.05) is 16.0 Å². The Balaban J connectivity index is 1.80. The Morgan fingerprint density at radius 2 is 1.81 bits per heavy atom. The second kappa shape index (κ2) is 7.74. The zero-order valence-electron chi connectivity index (χ0n) is 14.5. The monoisotopic (exact) mass is 365 g/mol. The third-order valence-electron chi connectivity index (χ3n) is 4.18. The van der Waals surface area contributed by atoms with E-state index in [9.17, 15) is 19.5 Å². The van der Waals surface area contributed by atoms with Crippen LogP contribution in [-0.4, -0.2) is 22.8 Å². The molecule has 0 saturated heterocycles. The lowest BCUT2D eigenvalue weighted by atomic mass is 10.1. The molecule has 1 heterocycles. The van der Waals surface area contributed by atoms with Crippen LogP contribution < -0.4 is 16.0 Å². The van der Waals surface area contributed by atoms with E-state index in [1.54, 1.807) is 18.2 Å². The van der Waals surface area contributed by atoms with Gasteiger partial charge in [-0.25, -0.2) is 0 Å². The fraction of sp³-hybridized carbons (Fsp3) is 0.150. The van der Waals surface area contributed by atoms with E-state index < -0.39 is 11.8 Å². The van der Waals surface area contributed by atoms with E-state index in [4.69, 9.17) is 0 Å². The van der Waals surface area contributed by atoms with Gasteiger partial charge < -0.3 is 21.1 Å². The fourth-order valence-electron chi connectivity index (χ4n) is 2.84. The molecule has 27 heavy (non-hydrogen) atoms. The highest BCUT2D eigenvalue weighted by Gasteiger charge is 2.16. The molecule has 0 bridgehead atoms. The lowest BCUT2D eigenvalue weighted by molar-refractivity contribution is -0.116. The first kappa shape index (κ1) is 18.2. The predicted molar refractivity (Wildman–Crippen MR) is 103 cm³/mol. The van der Waals surface area contributed by atoms with Crippen molar-refractivity contribution in [1.29, 1.82) is 0 Å². The van der Waals surface area contributed by atoms with Gasteiger partial charge in [0.15, 0.2) is 0 Å². The highest BCUT2D eigenvalue weighted by atomic mass is 16.3. The van der Waals surface area contributed by atoms with Gasteiger partial charge in [0.25, 0.3) is 5.91 Å². The van der Waals surface area contributed by atoms with Crippen LogP contribution in [0.3, 0.4) is 0 Å². The molecule has 0 aliphatic carbocycles. The van der Waals surface area contributed by atoms with Crippen molar-refractivity contribution in [2.24, 2.45) is 0 Å². The second-order valence-corrected chi connectivity index (χ2v) is 6.15. The number of aromatic hydroxyl groups is 1. The van der Waals surface area contributed by atoms with Gasteiger partial charge in [-0.3, -0.25) is 14.4 Å². The van der Waals surface area contributed by atoms with Crippen molar-refractivity contribution in [3.63, 3.8) is 0 Å². The minimum absolute atomic E-state index is 0.0196. The maximum absolute atomic E-state index is 12.6. The number of fused-ring (bicyclic) bond motifs is 1. The lowest BCUT2D eigenvalue weighted by Crippen LogP contribution is -2.14. The molecule has 2 aromatic rings. The van der Waals surface area contributed by atoms with Crippen LogP contribution in [0.25, 0.3) is 0 Å². The first-order valence-corrected chi connectivity index (χ1v) is 8.47. The molecule has 7 heteroatoms. The number of aryl methyl sites for hydroxylation is 1. The summed E-state index contributed by atoms with van der Waals surface area (Å²) in [6, 6.07) is 9.44. The zero-order chi connectivity index (χ0) is 19.4. The van der Waals surface area contributed by atoms with Gasteiger partial charge >= 0.3 is 0 Å². The number of nitrogens with one attached hydrogen (secondary N) is 3. The van der Waals surface area contributed by atoms with Crippen LogP contribution >= 0.6 is 0 Å². The maximum atomic E-state index is 12.6. The number of amides is 3. The fourth-order valence-corrected chi connectivity index (χ4v) is 2.84. The molecule has 0 spiro atoms. The van der Waals surface area contributed by atoms with Crippen molar-refractivity contribution in [2.45, 2.75) is 19.3 Å². The Hall–Kier alpha value is -3.61. The Morgan fingerprint density at radius 3 is 2.59 bits per heavy atom. The molecule has 0 aromatic heterocycles. The summed E-state index contributed by atoms with van der Waals surface area (Å²) < 4.78 is 0. The van der Waals surface area contributed by atoms with Crippen LogP contribution in [0.4, 0.5) is 17.1 Å². The Bertz CT molecular complexity index is 937. The number of anilines is 3. The normalized spacial score (nSPS) is 13.0. The van der Waals surface area contributed by atoms with Crippen LogP contribution in [-0.2, 0) is 16.0 Å². The van der Waals surface area contributed by atoms with Gasteiger partial charge in [0.05, 0.1) is 5.56 Å². The number of carbonyl (C=O) groups excluding carboxylic acids is 3. The molecular weight excluding hydrogens is 346 g/mol. The Labute approximate surface area is 156 Å². The number of hydrogen-bond donors (Lipinski definition) is 4. The van der Waals surface area contributed by atoms with Crippen LogP contribution in [0.15, 0.2) is 49.1 Å². The first-order chi connectivity index (χ1) is 13.0. The molecule has 2 aromatic carbocycles. The maximum Gasteiger partial charge on any atom is 0.259 e. The Morgan fingerprint density at radius 1 is 1.07 bits per heavy atom. The number of phenolic OH excluding ortho intramolecular Hbond substituents is 1. The van der Waals surface area contributed by atoms with E-state index in [0.29, 0.717) is 17.8 Å². The third-order valence-corrected chi connectivity index (χ3v) is 4.18. The van der Waals surface area contributed by atoms with E-state index in [1.165, 1.54) is 18.2 Å². The molecule has 138 valence electrons. The van der Waals surface area contributed by atoms with Crippen molar-refractivity contribution in [1.82, 2.24) is 0 Å².